The van der Waals surface area contributed by atoms with Crippen LogP contribution in [0.2, 0.25) is 5.02 Å². The molecular weight excluding hydrogens is 541 g/mol. The number of hydrogen-bond acceptors (Lipinski definition) is 4. The highest BCUT2D eigenvalue weighted by molar-refractivity contribution is 7.92. The number of benzene rings is 3. The molecule has 0 aliphatic rings. The summed E-state index contributed by atoms with van der Waals surface area (Å²) in [5.74, 6) is -1.42. The zero-order valence-corrected chi connectivity index (χ0v) is 24.0. The molecular formula is C29H33ClFN3O4S. The summed E-state index contributed by atoms with van der Waals surface area (Å²) < 4.78 is 42.2. The maximum atomic E-state index is 13.9. The molecule has 0 aliphatic heterocycles. The van der Waals surface area contributed by atoms with Crippen LogP contribution in [-0.4, -0.2) is 43.8 Å². The number of amides is 2. The van der Waals surface area contributed by atoms with Crippen molar-refractivity contribution in [3.05, 3.63) is 94.8 Å². The Morgan fingerprint density at radius 2 is 1.64 bits per heavy atom. The van der Waals surface area contributed by atoms with Gasteiger partial charge in [0.15, 0.2) is 0 Å². The van der Waals surface area contributed by atoms with Gasteiger partial charge in [0, 0.05) is 17.6 Å². The second kappa shape index (κ2) is 13.1. The Kier molecular flexibility index (Phi) is 10.1. The number of aryl methyl sites for hydroxylation is 1. The number of carbonyl (C=O) groups excluding carboxylic acids is 2. The summed E-state index contributed by atoms with van der Waals surface area (Å²) in [4.78, 5) is 28.3. The summed E-state index contributed by atoms with van der Waals surface area (Å²) in [5.41, 5.74) is 1.43. The maximum absolute atomic E-state index is 13.9. The van der Waals surface area contributed by atoms with Crippen molar-refractivity contribution in [2.75, 3.05) is 10.8 Å². The summed E-state index contributed by atoms with van der Waals surface area (Å²) in [6, 6.07) is 17.1. The van der Waals surface area contributed by atoms with Crippen LogP contribution in [0.15, 0.2) is 77.7 Å². The Labute approximate surface area is 234 Å². The number of sulfonamides is 1. The fourth-order valence-electron chi connectivity index (χ4n) is 3.92. The number of halogens is 2. The molecule has 3 aromatic carbocycles. The minimum atomic E-state index is -4.19. The van der Waals surface area contributed by atoms with Crippen LogP contribution in [0, 0.1) is 12.7 Å². The van der Waals surface area contributed by atoms with Crippen molar-refractivity contribution >= 4 is 39.1 Å². The molecule has 0 aromatic heterocycles. The van der Waals surface area contributed by atoms with Gasteiger partial charge in [0.25, 0.3) is 10.0 Å². The fourth-order valence-corrected chi connectivity index (χ4v) is 5.58. The van der Waals surface area contributed by atoms with Crippen LogP contribution < -0.4 is 9.62 Å². The number of rotatable bonds is 11. The zero-order chi connectivity index (χ0) is 28.7. The first kappa shape index (κ1) is 30.1. The third-order valence-electron chi connectivity index (χ3n) is 6.48. The van der Waals surface area contributed by atoms with Crippen molar-refractivity contribution in [1.82, 2.24) is 10.2 Å². The van der Waals surface area contributed by atoms with E-state index in [9.17, 15) is 22.4 Å². The summed E-state index contributed by atoms with van der Waals surface area (Å²) in [5, 5.41) is 3.18. The molecule has 0 bridgehead atoms. The minimum Gasteiger partial charge on any atom is -0.352 e. The number of nitrogens with one attached hydrogen (secondary N) is 1. The lowest BCUT2D eigenvalue weighted by Crippen LogP contribution is -2.52. The maximum Gasteiger partial charge on any atom is 0.264 e. The molecule has 39 heavy (non-hydrogen) atoms. The van der Waals surface area contributed by atoms with Crippen LogP contribution >= 0.6 is 11.6 Å². The van der Waals surface area contributed by atoms with Gasteiger partial charge in [0.05, 0.1) is 10.6 Å². The Bertz CT molecular complexity index is 1400. The lowest BCUT2D eigenvalue weighted by atomic mass is 10.1. The lowest BCUT2D eigenvalue weighted by Gasteiger charge is -2.33. The van der Waals surface area contributed by atoms with Gasteiger partial charge >= 0.3 is 0 Å². The van der Waals surface area contributed by atoms with Crippen LogP contribution in [0.25, 0.3) is 0 Å². The van der Waals surface area contributed by atoms with Crippen molar-refractivity contribution in [2.24, 2.45) is 0 Å². The molecule has 3 aromatic rings. The molecule has 10 heteroatoms. The van der Waals surface area contributed by atoms with Crippen molar-refractivity contribution in [1.29, 1.82) is 0 Å². The van der Waals surface area contributed by atoms with Crippen LogP contribution in [0.5, 0.6) is 0 Å². The van der Waals surface area contributed by atoms with E-state index in [2.05, 4.69) is 5.32 Å². The van der Waals surface area contributed by atoms with Crippen LogP contribution in [-0.2, 0) is 26.2 Å². The first-order valence-electron chi connectivity index (χ1n) is 12.6. The average Bonchev–Trinajstić information content (AvgIpc) is 2.92. The average molecular weight is 574 g/mol. The molecule has 0 saturated heterocycles. The Balaban J connectivity index is 2.05. The van der Waals surface area contributed by atoms with Crippen LogP contribution in [0.4, 0.5) is 10.1 Å². The summed E-state index contributed by atoms with van der Waals surface area (Å²) in [7, 11) is -4.19. The van der Waals surface area contributed by atoms with Gasteiger partial charge in [-0.05, 0) is 74.7 Å². The third-order valence-corrected chi connectivity index (χ3v) is 8.49. The number of carbonyl (C=O) groups is 2. The van der Waals surface area contributed by atoms with E-state index in [1.165, 1.54) is 47.4 Å². The predicted octanol–water partition coefficient (Wildman–Crippen LogP) is 5.31. The number of hydrogen-bond donors (Lipinski definition) is 1. The molecule has 0 saturated carbocycles. The molecule has 0 spiro atoms. The quantitative estimate of drug-likeness (QED) is 0.337. The first-order valence-corrected chi connectivity index (χ1v) is 14.4. The van der Waals surface area contributed by atoms with Gasteiger partial charge in [-0.3, -0.25) is 13.9 Å². The molecule has 2 amide bonds. The van der Waals surface area contributed by atoms with Crippen molar-refractivity contribution < 1.29 is 22.4 Å². The van der Waals surface area contributed by atoms with E-state index in [1.807, 2.05) is 13.8 Å². The summed E-state index contributed by atoms with van der Waals surface area (Å²) in [6.45, 7) is 6.48. The minimum absolute atomic E-state index is 0.00447. The Morgan fingerprint density at radius 3 is 2.26 bits per heavy atom. The zero-order valence-electron chi connectivity index (χ0n) is 22.4. The van der Waals surface area contributed by atoms with Crippen molar-refractivity contribution in [3.63, 3.8) is 0 Å². The van der Waals surface area contributed by atoms with Gasteiger partial charge < -0.3 is 10.2 Å². The van der Waals surface area contributed by atoms with E-state index >= 15 is 0 Å². The van der Waals surface area contributed by atoms with E-state index < -0.39 is 34.3 Å². The van der Waals surface area contributed by atoms with E-state index in [1.54, 1.807) is 44.2 Å². The largest absolute Gasteiger partial charge is 0.352 e. The second-order valence-electron chi connectivity index (χ2n) is 9.40. The molecule has 0 aliphatic carbocycles. The lowest BCUT2D eigenvalue weighted by molar-refractivity contribution is -0.139. The topological polar surface area (TPSA) is 86.8 Å². The molecule has 1 N–H and O–H groups in total. The van der Waals surface area contributed by atoms with Gasteiger partial charge in [-0.2, -0.15) is 0 Å². The highest BCUT2D eigenvalue weighted by Crippen LogP contribution is 2.30. The van der Waals surface area contributed by atoms with Gasteiger partial charge in [0.2, 0.25) is 11.8 Å². The van der Waals surface area contributed by atoms with E-state index in [-0.39, 0.29) is 29.1 Å². The number of anilines is 1. The normalized spacial score (nSPS) is 12.9. The predicted molar refractivity (Wildman–Crippen MR) is 151 cm³/mol. The first-order chi connectivity index (χ1) is 18.4. The van der Waals surface area contributed by atoms with Gasteiger partial charge in [-0.25, -0.2) is 12.8 Å². The molecule has 3 rings (SSSR count). The number of nitrogens with zero attached hydrogens (tertiary/aromatic N) is 2. The Hall–Kier alpha value is -3.43. The molecule has 0 radical (unpaired) electrons. The third kappa shape index (κ3) is 7.58. The van der Waals surface area contributed by atoms with Gasteiger partial charge in [-0.15, -0.1) is 0 Å². The summed E-state index contributed by atoms with van der Waals surface area (Å²) in [6.07, 6.45) is 0.696. The van der Waals surface area contributed by atoms with E-state index in [0.717, 1.165) is 4.31 Å². The van der Waals surface area contributed by atoms with Gasteiger partial charge in [0.1, 0.15) is 18.4 Å². The second-order valence-corrected chi connectivity index (χ2v) is 11.7. The molecule has 0 fully saturated rings. The monoisotopic (exact) mass is 573 g/mol. The van der Waals surface area contributed by atoms with E-state index in [4.69, 9.17) is 11.6 Å². The highest BCUT2D eigenvalue weighted by atomic mass is 35.5. The summed E-state index contributed by atoms with van der Waals surface area (Å²) >= 11 is 6.23. The van der Waals surface area contributed by atoms with Crippen LogP contribution in [0.3, 0.4) is 0 Å². The van der Waals surface area contributed by atoms with Crippen LogP contribution in [0.1, 0.15) is 38.3 Å². The smallest absolute Gasteiger partial charge is 0.264 e. The van der Waals surface area contributed by atoms with Crippen molar-refractivity contribution in [3.8, 4) is 0 Å². The molecule has 0 heterocycles. The molecule has 2 atom stereocenters. The fraction of sp³-hybridized carbons (Fsp3) is 0.310. The van der Waals surface area contributed by atoms with Crippen molar-refractivity contribution in [2.45, 2.75) is 57.6 Å². The molecule has 7 nitrogen and oxygen atoms in total. The Morgan fingerprint density at radius 1 is 1.00 bits per heavy atom. The highest BCUT2D eigenvalue weighted by Gasteiger charge is 2.33. The van der Waals surface area contributed by atoms with E-state index in [0.29, 0.717) is 22.6 Å². The standard InChI is InChI=1S/C29H33ClFN3O4S/c1-5-21(3)32-29(36)22(4)33(18-23-12-15-25(31)16-13-23)28(35)19-34(27-17-24(30)14-11-20(27)2)39(37,38)26-9-7-6-8-10-26/h6-17,21-22H,5,18-19H2,1-4H3,(H,32,36). The van der Waals surface area contributed by atoms with Gasteiger partial charge in [-0.1, -0.05) is 54.9 Å². The molecule has 208 valence electrons. The molecule has 2 unspecified atom stereocenters. The SMILES string of the molecule is CCC(C)NC(=O)C(C)N(Cc1ccc(F)cc1)C(=O)CN(c1cc(Cl)ccc1C)S(=O)(=O)c1ccccc1.